The minimum atomic E-state index is -2.58. The number of rotatable bonds is 6. The van der Waals surface area contributed by atoms with Gasteiger partial charge in [-0.15, -0.1) is 0 Å². The number of anilines is 1. The summed E-state index contributed by atoms with van der Waals surface area (Å²) >= 11 is 0. The number of hydrogen-bond donors (Lipinski definition) is 1. The molecule has 0 bridgehead atoms. The molecule has 2 aromatic rings. The van der Waals surface area contributed by atoms with E-state index in [9.17, 15) is 18.9 Å². The molecule has 0 unspecified atom stereocenters. The highest BCUT2D eigenvalue weighted by Crippen LogP contribution is 2.33. The van der Waals surface area contributed by atoms with Gasteiger partial charge in [0.2, 0.25) is 0 Å². The zero-order chi connectivity index (χ0) is 15.4. The van der Waals surface area contributed by atoms with E-state index >= 15 is 0 Å². The van der Waals surface area contributed by atoms with Crippen LogP contribution < -0.4 is 4.90 Å². The molecule has 0 atom stereocenters. The van der Waals surface area contributed by atoms with Crippen LogP contribution in [-0.4, -0.2) is 41.1 Å². The summed E-state index contributed by atoms with van der Waals surface area (Å²) in [6.45, 7) is -0.861. The van der Waals surface area contributed by atoms with Gasteiger partial charge in [0.25, 0.3) is 12.1 Å². The Kier molecular flexibility index (Phi) is 4.59. The van der Waals surface area contributed by atoms with Crippen molar-refractivity contribution in [2.75, 3.05) is 24.6 Å². The van der Waals surface area contributed by atoms with Crippen LogP contribution in [0.1, 0.15) is 0 Å². The Morgan fingerprint density at radius 2 is 2.10 bits per heavy atom. The molecule has 8 heteroatoms. The van der Waals surface area contributed by atoms with Crippen molar-refractivity contribution in [3.8, 4) is 0 Å². The van der Waals surface area contributed by atoms with Crippen LogP contribution in [-0.2, 0) is 0 Å². The van der Waals surface area contributed by atoms with Crippen molar-refractivity contribution in [3.05, 3.63) is 40.7 Å². The lowest BCUT2D eigenvalue weighted by atomic mass is 10.1. The second-order valence-electron chi connectivity index (χ2n) is 4.34. The third-order valence-electron chi connectivity index (χ3n) is 3.04. The fraction of sp³-hybridized carbons (Fsp3) is 0.308. The first kappa shape index (κ1) is 15.0. The number of nitro benzene ring substituents is 1. The van der Waals surface area contributed by atoms with Crippen LogP contribution in [0, 0.1) is 10.1 Å². The molecule has 0 saturated heterocycles. The molecule has 0 radical (unpaired) electrons. The Morgan fingerprint density at radius 3 is 2.71 bits per heavy atom. The van der Waals surface area contributed by atoms with Gasteiger partial charge in [0.15, 0.2) is 0 Å². The molecule has 0 aliphatic heterocycles. The van der Waals surface area contributed by atoms with E-state index in [1.54, 1.807) is 0 Å². The van der Waals surface area contributed by atoms with E-state index in [1.165, 1.54) is 35.5 Å². The minimum absolute atomic E-state index is 0.00610. The van der Waals surface area contributed by atoms with E-state index in [2.05, 4.69) is 4.98 Å². The highest BCUT2D eigenvalue weighted by atomic mass is 19.3. The fourth-order valence-electron chi connectivity index (χ4n) is 2.19. The van der Waals surface area contributed by atoms with Crippen LogP contribution in [0.4, 0.5) is 20.2 Å². The molecule has 0 amide bonds. The largest absolute Gasteiger partial charge is 0.395 e. The number of hydrogen-bond acceptors (Lipinski definition) is 5. The number of fused-ring (bicyclic) bond motifs is 1. The monoisotopic (exact) mass is 297 g/mol. The zero-order valence-corrected chi connectivity index (χ0v) is 10.9. The number of aromatic nitrogens is 1. The molecule has 1 aromatic heterocycles. The van der Waals surface area contributed by atoms with Gasteiger partial charge in [-0.25, -0.2) is 8.78 Å². The normalized spacial score (nSPS) is 11.0. The topological polar surface area (TPSA) is 79.5 Å². The lowest BCUT2D eigenvalue weighted by molar-refractivity contribution is -0.383. The molecule has 0 saturated carbocycles. The maximum atomic E-state index is 12.7. The molecule has 0 spiro atoms. The van der Waals surface area contributed by atoms with E-state index in [0.29, 0.717) is 16.5 Å². The predicted molar refractivity (Wildman–Crippen MR) is 73.7 cm³/mol. The Morgan fingerprint density at radius 1 is 1.33 bits per heavy atom. The van der Waals surface area contributed by atoms with Gasteiger partial charge in [-0.3, -0.25) is 15.1 Å². The van der Waals surface area contributed by atoms with Gasteiger partial charge in [-0.2, -0.15) is 0 Å². The SMILES string of the molecule is O=[N+]([O-])c1ccc(N(CCO)CC(F)F)c2cnccc12. The summed E-state index contributed by atoms with van der Waals surface area (Å²) in [6, 6.07) is 4.14. The lowest BCUT2D eigenvalue weighted by Crippen LogP contribution is -2.31. The molecule has 6 nitrogen and oxygen atoms in total. The van der Waals surface area contributed by atoms with Gasteiger partial charge >= 0.3 is 0 Å². The maximum absolute atomic E-state index is 12.7. The molecule has 0 aliphatic rings. The number of aliphatic hydroxyl groups excluding tert-OH is 1. The van der Waals surface area contributed by atoms with Crippen molar-refractivity contribution in [2.24, 2.45) is 0 Å². The molecular formula is C13H13F2N3O3. The number of halogens is 2. The van der Waals surface area contributed by atoms with Gasteiger partial charge in [0.1, 0.15) is 0 Å². The first-order valence-corrected chi connectivity index (χ1v) is 6.19. The van der Waals surface area contributed by atoms with E-state index < -0.39 is 17.9 Å². The molecular weight excluding hydrogens is 284 g/mol. The van der Waals surface area contributed by atoms with Crippen LogP contribution >= 0.6 is 0 Å². The summed E-state index contributed by atoms with van der Waals surface area (Å²) in [6.07, 6.45) is 0.217. The van der Waals surface area contributed by atoms with Crippen molar-refractivity contribution in [1.29, 1.82) is 0 Å². The molecule has 0 aliphatic carbocycles. The standard InChI is InChI=1S/C13H13F2N3O3/c14-13(15)8-17(5-6-19)11-1-2-12(18(20)21)9-3-4-16-7-10(9)11/h1-4,7,13,19H,5-6,8H2. The highest BCUT2D eigenvalue weighted by Gasteiger charge is 2.19. The number of aliphatic hydroxyl groups is 1. The van der Waals surface area contributed by atoms with Crippen LogP contribution in [0.15, 0.2) is 30.6 Å². The van der Waals surface area contributed by atoms with Gasteiger partial charge in [-0.1, -0.05) is 0 Å². The quantitative estimate of drug-likeness (QED) is 0.653. The molecule has 2 rings (SSSR count). The highest BCUT2D eigenvalue weighted by molar-refractivity contribution is 5.99. The predicted octanol–water partition coefficient (Wildman–Crippen LogP) is 2.21. The minimum Gasteiger partial charge on any atom is -0.395 e. The maximum Gasteiger partial charge on any atom is 0.277 e. The number of benzene rings is 1. The van der Waals surface area contributed by atoms with Gasteiger partial charge in [0.05, 0.1) is 23.5 Å². The average molecular weight is 297 g/mol. The first-order chi connectivity index (χ1) is 10.0. The number of pyridine rings is 1. The third-order valence-corrected chi connectivity index (χ3v) is 3.04. The summed E-state index contributed by atoms with van der Waals surface area (Å²) in [7, 11) is 0. The Bertz CT molecular complexity index is 652. The van der Waals surface area contributed by atoms with Crippen molar-refractivity contribution < 1.29 is 18.8 Å². The second kappa shape index (κ2) is 6.40. The lowest BCUT2D eigenvalue weighted by Gasteiger charge is -2.24. The summed E-state index contributed by atoms with van der Waals surface area (Å²) in [5.74, 6) is 0. The number of non-ortho nitro benzene ring substituents is 1. The summed E-state index contributed by atoms with van der Waals surface area (Å²) in [5, 5.41) is 20.8. The first-order valence-electron chi connectivity index (χ1n) is 6.19. The summed E-state index contributed by atoms with van der Waals surface area (Å²) in [5.41, 5.74) is 0.273. The van der Waals surface area contributed by atoms with Crippen molar-refractivity contribution in [2.45, 2.75) is 6.43 Å². The molecule has 21 heavy (non-hydrogen) atoms. The fourth-order valence-corrected chi connectivity index (χ4v) is 2.19. The van der Waals surface area contributed by atoms with E-state index in [4.69, 9.17) is 5.11 Å². The number of nitrogens with zero attached hydrogens (tertiary/aromatic N) is 3. The number of nitro groups is 1. The van der Waals surface area contributed by atoms with Crippen LogP contribution in [0.2, 0.25) is 0 Å². The zero-order valence-electron chi connectivity index (χ0n) is 10.9. The van der Waals surface area contributed by atoms with Crippen LogP contribution in [0.25, 0.3) is 10.8 Å². The molecule has 1 N–H and O–H groups in total. The van der Waals surface area contributed by atoms with Gasteiger partial charge < -0.3 is 10.0 Å². The molecule has 1 heterocycles. The Labute approximate surface area is 118 Å². The van der Waals surface area contributed by atoms with Crippen molar-refractivity contribution >= 4 is 22.1 Å². The smallest absolute Gasteiger partial charge is 0.277 e. The van der Waals surface area contributed by atoms with E-state index in [1.807, 2.05) is 0 Å². The summed E-state index contributed by atoms with van der Waals surface area (Å²) < 4.78 is 25.3. The number of alkyl halides is 2. The molecule has 1 aromatic carbocycles. The van der Waals surface area contributed by atoms with Gasteiger partial charge in [0, 0.05) is 36.1 Å². The third kappa shape index (κ3) is 3.22. The van der Waals surface area contributed by atoms with Crippen LogP contribution in [0.5, 0.6) is 0 Å². The van der Waals surface area contributed by atoms with Crippen molar-refractivity contribution in [1.82, 2.24) is 4.98 Å². The van der Waals surface area contributed by atoms with E-state index in [0.717, 1.165) is 0 Å². The summed E-state index contributed by atoms with van der Waals surface area (Å²) in [4.78, 5) is 15.7. The van der Waals surface area contributed by atoms with E-state index in [-0.39, 0.29) is 18.8 Å². The van der Waals surface area contributed by atoms with Crippen molar-refractivity contribution in [3.63, 3.8) is 0 Å². The molecule has 112 valence electrons. The second-order valence-corrected chi connectivity index (χ2v) is 4.34. The van der Waals surface area contributed by atoms with Crippen LogP contribution in [0.3, 0.4) is 0 Å². The molecule has 0 fully saturated rings. The Balaban J connectivity index is 2.58. The average Bonchev–Trinajstić information content (AvgIpc) is 2.45. The van der Waals surface area contributed by atoms with Gasteiger partial charge in [-0.05, 0) is 12.1 Å². The Hall–Kier alpha value is -2.35.